The van der Waals surface area contributed by atoms with E-state index in [-0.39, 0.29) is 195 Å². The molecule has 488 valence electrons. The third-order valence-electron chi connectivity index (χ3n) is 12.7. The molecule has 3 aliphatic rings. The number of rotatable bonds is 48. The fraction of sp³-hybridized carbons (Fsp3) is 0.940. The van der Waals surface area contributed by atoms with Gasteiger partial charge in [0.25, 0.3) is 0 Å². The summed E-state index contributed by atoms with van der Waals surface area (Å²) in [5, 5.41) is 125. The molecule has 3 aliphatic heterocycles. The number of hydrogen-bond donors (Lipinski definition) is 15. The minimum Gasteiger partial charge on any atom is -0.394 e. The first-order chi connectivity index (χ1) is 40.0. The van der Waals surface area contributed by atoms with Gasteiger partial charge in [0.05, 0.1) is 159 Å². The van der Waals surface area contributed by atoms with E-state index < -0.39 is 117 Å². The molecule has 33 nitrogen and oxygen atoms in total. The summed E-state index contributed by atoms with van der Waals surface area (Å²) in [6.07, 6.45) is -20.5. The Balaban J connectivity index is 1.26. The first-order valence-electron chi connectivity index (χ1n) is 27.7. The normalized spacial score (nSPS) is 29.1. The molecule has 0 aromatic heterocycles. The van der Waals surface area contributed by atoms with Gasteiger partial charge in [0.15, 0.2) is 18.9 Å². The molecule has 3 amide bonds. The number of aliphatic hydroxyl groups excluding tert-OH is 12. The number of hydrogen-bond acceptors (Lipinski definition) is 30. The summed E-state index contributed by atoms with van der Waals surface area (Å²) >= 11 is 0. The molecule has 9 unspecified atom stereocenters. The van der Waals surface area contributed by atoms with Crippen LogP contribution in [0.1, 0.15) is 26.2 Å². The van der Waals surface area contributed by atoms with Crippen LogP contribution < -0.4 is 16.0 Å². The van der Waals surface area contributed by atoms with Crippen LogP contribution in [0.5, 0.6) is 0 Å². The van der Waals surface area contributed by atoms with Crippen LogP contribution in [0.15, 0.2) is 0 Å². The second-order valence-electron chi connectivity index (χ2n) is 19.6. The largest absolute Gasteiger partial charge is 0.394 e. The van der Waals surface area contributed by atoms with Crippen molar-refractivity contribution < 1.29 is 147 Å². The first kappa shape index (κ1) is 74.6. The second kappa shape index (κ2) is 43.9. The zero-order valence-corrected chi connectivity index (χ0v) is 47.1. The van der Waals surface area contributed by atoms with Crippen LogP contribution in [0, 0.1) is 5.41 Å². The van der Waals surface area contributed by atoms with E-state index in [0.29, 0.717) is 0 Å². The summed E-state index contributed by atoms with van der Waals surface area (Å²) in [6, 6.07) is 0. The maximum atomic E-state index is 12.5. The molecule has 0 bridgehead atoms. The molecule has 83 heavy (non-hydrogen) atoms. The molecule has 0 spiro atoms. The zero-order chi connectivity index (χ0) is 60.8. The molecule has 3 fully saturated rings. The Morgan fingerprint density at radius 1 is 0.337 bits per heavy atom. The van der Waals surface area contributed by atoms with Crippen molar-refractivity contribution in [3.05, 3.63) is 0 Å². The van der Waals surface area contributed by atoms with Gasteiger partial charge in [-0.1, -0.05) is 6.92 Å². The van der Waals surface area contributed by atoms with Gasteiger partial charge in [-0.15, -0.1) is 0 Å². The van der Waals surface area contributed by atoms with Crippen molar-refractivity contribution in [3.8, 4) is 0 Å². The van der Waals surface area contributed by atoms with E-state index in [1.54, 1.807) is 0 Å². The molecule has 3 heterocycles. The van der Waals surface area contributed by atoms with Crippen LogP contribution in [0.2, 0.25) is 0 Å². The van der Waals surface area contributed by atoms with Gasteiger partial charge in [0.2, 0.25) is 17.7 Å². The summed E-state index contributed by atoms with van der Waals surface area (Å²) in [6.45, 7) is 3.37. The van der Waals surface area contributed by atoms with Gasteiger partial charge in [-0.2, -0.15) is 0 Å². The SMILES string of the molecule is CC(COCCC(=O)NCCOCCOCCOC1OC(CO)C(O)[C@@H](O)[C@H]1O)(COCCC(=O)NCCOCCOCCO[C@H]1OC(CO)[C@@H](O)C(O)C1O)COCCC(=O)NCCOCCOCCO[C@H]1O[C@H](CO)[C@@H](O)C(O)C1O. The van der Waals surface area contributed by atoms with Crippen molar-refractivity contribution in [2.75, 3.05) is 178 Å². The Morgan fingerprint density at radius 2 is 0.578 bits per heavy atom. The van der Waals surface area contributed by atoms with Crippen molar-refractivity contribution >= 4 is 17.7 Å². The molecule has 3 rings (SSSR count). The van der Waals surface area contributed by atoms with E-state index in [2.05, 4.69) is 16.0 Å². The highest BCUT2D eigenvalue weighted by Crippen LogP contribution is 2.25. The minimum absolute atomic E-state index is 0.0108. The predicted octanol–water partition coefficient (Wildman–Crippen LogP) is -8.89. The summed E-state index contributed by atoms with van der Waals surface area (Å²) < 4.78 is 82.2. The van der Waals surface area contributed by atoms with Crippen molar-refractivity contribution in [1.82, 2.24) is 16.0 Å². The Hall–Kier alpha value is -2.67. The van der Waals surface area contributed by atoms with Crippen LogP contribution >= 0.6 is 0 Å². The number of amides is 3. The highest BCUT2D eigenvalue weighted by Gasteiger charge is 2.46. The monoisotopic (exact) mass is 1220 g/mol. The van der Waals surface area contributed by atoms with E-state index in [1.165, 1.54) is 0 Å². The lowest BCUT2D eigenvalue weighted by atomic mass is 9.94. The van der Waals surface area contributed by atoms with E-state index in [1.807, 2.05) is 6.92 Å². The molecule has 33 heteroatoms. The fourth-order valence-corrected chi connectivity index (χ4v) is 7.88. The van der Waals surface area contributed by atoms with Gasteiger partial charge < -0.3 is 148 Å². The Labute approximate surface area is 481 Å². The molecule has 0 saturated carbocycles. The van der Waals surface area contributed by atoms with Gasteiger partial charge in [0.1, 0.15) is 73.2 Å². The standard InChI is InChI=1S/C50H93N3O30/c1-50(29-75-8-2-35(57)51-5-11-69-14-17-72-20-23-78-47-44(66)41(63)38(60)32(26-54)81-47,30-76-9-3-36(58)52-6-12-70-15-18-73-21-24-79-48-45(67)42(64)39(61)33(27-55)82-48)31-77-10-4-37(59)53-7-13-71-16-19-74-22-25-80-49-46(68)43(65)40(62)34(28-56)83-49/h32-34,38-49,54-56,60-68H,2-31H2,1H3,(H,51,57)(H,52,58)(H,53,59)/t32-,33?,34?,38-,39-,40?,41?,42?,43-,44?,45?,46-,47+,48+,49?,50?/m1/s1. The molecule has 0 aromatic carbocycles. The fourth-order valence-electron chi connectivity index (χ4n) is 7.88. The topological polar surface area (TPSA) is 469 Å². The summed E-state index contributed by atoms with van der Waals surface area (Å²) in [4.78, 5) is 37.5. The third-order valence-corrected chi connectivity index (χ3v) is 12.7. The van der Waals surface area contributed by atoms with Crippen molar-refractivity contribution in [2.24, 2.45) is 5.41 Å². The number of aliphatic hydroxyl groups is 12. The number of carbonyl (C=O) groups is 3. The lowest BCUT2D eigenvalue weighted by molar-refractivity contribution is -0.302. The molecule has 0 radical (unpaired) electrons. The first-order valence-corrected chi connectivity index (χ1v) is 27.7. The third kappa shape index (κ3) is 29.7. The van der Waals surface area contributed by atoms with Gasteiger partial charge >= 0.3 is 0 Å². The van der Waals surface area contributed by atoms with E-state index in [0.717, 1.165) is 0 Å². The quantitative estimate of drug-likeness (QED) is 0.0252. The minimum atomic E-state index is -1.55. The van der Waals surface area contributed by atoms with Crippen molar-refractivity contribution in [2.45, 2.75) is 118 Å². The second-order valence-corrected chi connectivity index (χ2v) is 19.6. The lowest BCUT2D eigenvalue weighted by Crippen LogP contribution is -2.59. The maximum Gasteiger partial charge on any atom is 0.222 e. The number of ether oxygens (including phenoxy) is 15. The maximum absolute atomic E-state index is 12.5. The molecular weight excluding hydrogens is 1120 g/mol. The van der Waals surface area contributed by atoms with Crippen LogP contribution in [0.4, 0.5) is 0 Å². The molecule has 3 saturated heterocycles. The number of nitrogens with one attached hydrogen (secondary N) is 3. The molecule has 15 N–H and O–H groups in total. The smallest absolute Gasteiger partial charge is 0.222 e. The van der Waals surface area contributed by atoms with Gasteiger partial charge in [-0.05, 0) is 0 Å². The molecule has 0 aliphatic carbocycles. The molecule has 16 atom stereocenters. The highest BCUT2D eigenvalue weighted by atomic mass is 16.7. The van der Waals surface area contributed by atoms with E-state index >= 15 is 0 Å². The molecular formula is C50H93N3O30. The predicted molar refractivity (Wildman–Crippen MR) is 278 cm³/mol. The number of carbonyl (C=O) groups excluding carboxylic acids is 3. The Bertz CT molecular complexity index is 1500. The average molecular weight is 1220 g/mol. The molecule has 0 aromatic rings. The van der Waals surface area contributed by atoms with Crippen molar-refractivity contribution in [3.63, 3.8) is 0 Å². The van der Waals surface area contributed by atoms with Gasteiger partial charge in [-0.25, -0.2) is 0 Å². The van der Waals surface area contributed by atoms with Gasteiger partial charge in [0, 0.05) is 44.3 Å². The Kier molecular flexibility index (Phi) is 39.4. The van der Waals surface area contributed by atoms with E-state index in [4.69, 9.17) is 71.1 Å². The Morgan fingerprint density at radius 3 is 0.831 bits per heavy atom. The lowest BCUT2D eigenvalue weighted by Gasteiger charge is -2.39. The summed E-state index contributed by atoms with van der Waals surface area (Å²) in [5.74, 6) is -0.847. The zero-order valence-electron chi connectivity index (χ0n) is 47.1. The van der Waals surface area contributed by atoms with Crippen LogP contribution in [0.25, 0.3) is 0 Å². The van der Waals surface area contributed by atoms with Gasteiger partial charge in [-0.3, -0.25) is 14.4 Å². The van der Waals surface area contributed by atoms with E-state index in [9.17, 15) is 75.7 Å². The summed E-state index contributed by atoms with van der Waals surface area (Å²) in [5.41, 5.74) is -0.755. The highest BCUT2D eigenvalue weighted by molar-refractivity contribution is 5.76. The van der Waals surface area contributed by atoms with Crippen LogP contribution in [-0.2, 0) is 85.4 Å². The van der Waals surface area contributed by atoms with Crippen molar-refractivity contribution in [1.29, 1.82) is 0 Å². The average Bonchev–Trinajstić information content (AvgIpc) is 3.66. The van der Waals surface area contributed by atoms with Crippen LogP contribution in [0.3, 0.4) is 0 Å². The van der Waals surface area contributed by atoms with Crippen LogP contribution in [-0.4, -0.2) is 349 Å². The summed E-state index contributed by atoms with van der Waals surface area (Å²) in [7, 11) is 0.